The van der Waals surface area contributed by atoms with E-state index < -0.39 is 18.1 Å². The second-order valence-electron chi connectivity index (χ2n) is 6.82. The summed E-state index contributed by atoms with van der Waals surface area (Å²) < 4.78 is 33.7. The van der Waals surface area contributed by atoms with Crippen LogP contribution >= 0.6 is 0 Å². The van der Waals surface area contributed by atoms with Crippen LogP contribution in [0, 0.1) is 12.8 Å². The van der Waals surface area contributed by atoms with Gasteiger partial charge in [-0.3, -0.25) is 9.48 Å². The van der Waals surface area contributed by atoms with Crippen molar-refractivity contribution < 1.29 is 33.0 Å². The molecule has 0 amide bonds. The number of nitrogens with zero attached hydrogens (tertiary/aromatic N) is 2. The van der Waals surface area contributed by atoms with Crippen LogP contribution in [0.5, 0.6) is 0 Å². The monoisotopic (exact) mass is 407 g/mol. The molecule has 1 aliphatic carbocycles. The molecule has 0 saturated heterocycles. The summed E-state index contributed by atoms with van der Waals surface area (Å²) in [6, 6.07) is 2.15. The molecular weight excluding hydrogens is 379 g/mol. The van der Waals surface area contributed by atoms with E-state index in [-0.39, 0.29) is 12.0 Å². The minimum absolute atomic E-state index is 0.0725. The van der Waals surface area contributed by atoms with Gasteiger partial charge < -0.3 is 15.5 Å². The average Bonchev–Trinajstić information content (AvgIpc) is 2.93. The van der Waals surface area contributed by atoms with E-state index in [1.54, 1.807) is 0 Å². The second-order valence-corrected chi connectivity index (χ2v) is 6.82. The molecule has 0 bridgehead atoms. The van der Waals surface area contributed by atoms with Crippen molar-refractivity contribution in [2.24, 2.45) is 5.92 Å². The molecule has 0 radical (unpaired) electrons. The Morgan fingerprint density at radius 2 is 1.79 bits per heavy atom. The molecule has 2 rings (SSSR count). The van der Waals surface area contributed by atoms with Crippen LogP contribution in [0.1, 0.15) is 56.8 Å². The predicted molar refractivity (Wildman–Crippen MR) is 95.8 cm³/mol. The average molecular weight is 407 g/mol. The van der Waals surface area contributed by atoms with Crippen molar-refractivity contribution in [3.8, 4) is 0 Å². The topological polar surface area (TPSA) is 104 Å². The number of aryl methyl sites for hydroxylation is 2. The van der Waals surface area contributed by atoms with Gasteiger partial charge in [-0.15, -0.1) is 0 Å². The van der Waals surface area contributed by atoms with Crippen molar-refractivity contribution in [2.75, 3.05) is 0 Å². The highest BCUT2D eigenvalue weighted by atomic mass is 19.4. The molecule has 0 aromatic carbocycles. The number of nitrogens with one attached hydrogen (secondary N) is 1. The Hall–Kier alpha value is -2.10. The number of hydrogen-bond acceptors (Lipinski definition) is 4. The van der Waals surface area contributed by atoms with E-state index in [9.17, 15) is 23.1 Å². The van der Waals surface area contributed by atoms with Gasteiger partial charge in [-0.2, -0.15) is 18.3 Å². The first-order valence-electron chi connectivity index (χ1n) is 9.35. The summed E-state index contributed by atoms with van der Waals surface area (Å²) in [6.07, 6.45) is 1.19. The summed E-state index contributed by atoms with van der Waals surface area (Å²) in [6.45, 7) is 5.61. The summed E-state index contributed by atoms with van der Waals surface area (Å²) in [5.74, 6) is -3.67. The first kappa shape index (κ1) is 23.9. The number of halogens is 3. The number of hydrogen-bond donors (Lipinski definition) is 3. The van der Waals surface area contributed by atoms with Gasteiger partial charge in [0.05, 0.1) is 17.3 Å². The molecule has 1 aromatic rings. The fourth-order valence-corrected chi connectivity index (χ4v) is 3.28. The lowest BCUT2D eigenvalue weighted by molar-refractivity contribution is -0.192. The van der Waals surface area contributed by atoms with E-state index in [4.69, 9.17) is 9.90 Å². The summed E-state index contributed by atoms with van der Waals surface area (Å²) in [7, 11) is 0. The second kappa shape index (κ2) is 11.0. The van der Waals surface area contributed by atoms with Gasteiger partial charge in [-0.05, 0) is 32.8 Å². The third-order valence-corrected chi connectivity index (χ3v) is 4.66. The van der Waals surface area contributed by atoms with E-state index in [2.05, 4.69) is 23.4 Å². The van der Waals surface area contributed by atoms with Crippen molar-refractivity contribution >= 4 is 11.9 Å². The van der Waals surface area contributed by atoms with Crippen molar-refractivity contribution in [2.45, 2.75) is 77.7 Å². The highest BCUT2D eigenvalue weighted by Gasteiger charge is 2.38. The zero-order chi connectivity index (χ0) is 21.3. The molecule has 0 spiro atoms. The lowest BCUT2D eigenvalue weighted by atomic mass is 9.87. The van der Waals surface area contributed by atoms with Crippen molar-refractivity contribution in [1.29, 1.82) is 0 Å². The van der Waals surface area contributed by atoms with Gasteiger partial charge in [-0.1, -0.05) is 25.7 Å². The Kier molecular flexibility index (Phi) is 9.44. The number of carboxylic acids is 2. The predicted octanol–water partition coefficient (Wildman–Crippen LogP) is 3.36. The fourth-order valence-electron chi connectivity index (χ4n) is 3.28. The number of aliphatic carboxylic acids is 2. The minimum Gasteiger partial charge on any atom is -0.481 e. The molecule has 1 saturated carbocycles. The summed E-state index contributed by atoms with van der Waals surface area (Å²) in [4.78, 5) is 20.4. The van der Waals surface area contributed by atoms with Crippen LogP contribution < -0.4 is 5.32 Å². The van der Waals surface area contributed by atoms with Crippen LogP contribution in [-0.4, -0.2) is 44.2 Å². The third kappa shape index (κ3) is 7.87. The van der Waals surface area contributed by atoms with Gasteiger partial charge in [-0.25, -0.2) is 4.79 Å². The molecule has 2 atom stereocenters. The number of alkyl halides is 3. The van der Waals surface area contributed by atoms with Gasteiger partial charge in [0.1, 0.15) is 0 Å². The molecule has 7 nitrogen and oxygen atoms in total. The quantitative estimate of drug-likeness (QED) is 0.691. The van der Waals surface area contributed by atoms with Crippen LogP contribution in [0.4, 0.5) is 13.2 Å². The van der Waals surface area contributed by atoms with Gasteiger partial charge in [0.25, 0.3) is 0 Å². The zero-order valence-corrected chi connectivity index (χ0v) is 16.1. The Morgan fingerprint density at radius 3 is 2.29 bits per heavy atom. The van der Waals surface area contributed by atoms with E-state index >= 15 is 0 Å². The number of rotatable bonds is 5. The van der Waals surface area contributed by atoms with Crippen molar-refractivity contribution in [3.63, 3.8) is 0 Å². The molecule has 0 unspecified atom stereocenters. The standard InChI is InChI=1S/C16H27N3O2.C2HF3O2/c1-3-19-13(10-12(2)18-19)11-17-15-9-7-5-4-6-8-14(15)16(20)21;3-2(4,5)1(6)7/h10,14-15,17H,3-9,11H2,1-2H3,(H,20,21);(H,6,7)/t14-,15+;/m0./s1. The van der Waals surface area contributed by atoms with Gasteiger partial charge in [0.2, 0.25) is 0 Å². The Balaban J connectivity index is 0.000000480. The zero-order valence-electron chi connectivity index (χ0n) is 16.1. The molecule has 1 aliphatic rings. The SMILES string of the molecule is CCn1nc(C)cc1CN[C@@H]1CCCCCC[C@@H]1C(=O)O.O=C(O)C(F)(F)F. The fraction of sp³-hybridized carbons (Fsp3) is 0.722. The minimum atomic E-state index is -5.08. The maximum absolute atomic E-state index is 11.5. The molecular formula is C18H28F3N3O4. The Morgan fingerprint density at radius 1 is 1.21 bits per heavy atom. The summed E-state index contributed by atoms with van der Waals surface area (Å²) >= 11 is 0. The van der Waals surface area contributed by atoms with Crippen LogP contribution in [0.25, 0.3) is 0 Å². The molecule has 1 heterocycles. The molecule has 28 heavy (non-hydrogen) atoms. The van der Waals surface area contributed by atoms with Crippen LogP contribution in [0.3, 0.4) is 0 Å². The largest absolute Gasteiger partial charge is 0.490 e. The van der Waals surface area contributed by atoms with Crippen LogP contribution in [-0.2, 0) is 22.7 Å². The van der Waals surface area contributed by atoms with Gasteiger partial charge >= 0.3 is 18.1 Å². The first-order chi connectivity index (χ1) is 13.1. The van der Waals surface area contributed by atoms with Crippen LogP contribution in [0.2, 0.25) is 0 Å². The van der Waals surface area contributed by atoms with Gasteiger partial charge in [0.15, 0.2) is 0 Å². The number of carbonyl (C=O) groups is 2. The van der Waals surface area contributed by atoms with Crippen molar-refractivity contribution in [1.82, 2.24) is 15.1 Å². The smallest absolute Gasteiger partial charge is 0.481 e. The molecule has 0 aliphatic heterocycles. The highest BCUT2D eigenvalue weighted by molar-refractivity contribution is 5.73. The molecule has 1 aromatic heterocycles. The maximum Gasteiger partial charge on any atom is 0.490 e. The Labute approximate surface area is 161 Å². The summed E-state index contributed by atoms with van der Waals surface area (Å²) in [5.41, 5.74) is 2.15. The van der Waals surface area contributed by atoms with E-state index in [1.165, 1.54) is 6.42 Å². The van der Waals surface area contributed by atoms with Crippen LogP contribution in [0.15, 0.2) is 6.07 Å². The van der Waals surface area contributed by atoms with E-state index in [0.717, 1.165) is 50.0 Å². The molecule has 3 N–H and O–H groups in total. The highest BCUT2D eigenvalue weighted by Crippen LogP contribution is 2.23. The normalized spacial score (nSPS) is 20.5. The molecule has 1 fully saturated rings. The van der Waals surface area contributed by atoms with E-state index in [0.29, 0.717) is 6.54 Å². The maximum atomic E-state index is 11.5. The Bertz CT molecular complexity index is 647. The molecule has 10 heteroatoms. The number of carboxylic acid groups (broad SMARTS) is 2. The van der Waals surface area contributed by atoms with E-state index in [1.807, 2.05) is 11.6 Å². The summed E-state index contributed by atoms with van der Waals surface area (Å²) in [5, 5.41) is 24.5. The first-order valence-corrected chi connectivity index (χ1v) is 9.35. The lowest BCUT2D eigenvalue weighted by Gasteiger charge is -2.27. The lowest BCUT2D eigenvalue weighted by Crippen LogP contribution is -2.40. The van der Waals surface area contributed by atoms with Crippen molar-refractivity contribution in [3.05, 3.63) is 17.5 Å². The third-order valence-electron chi connectivity index (χ3n) is 4.66. The van der Waals surface area contributed by atoms with Gasteiger partial charge in [0, 0.05) is 19.1 Å². The number of aromatic nitrogens is 2. The molecule has 160 valence electrons.